The Morgan fingerprint density at radius 3 is 2.63 bits per heavy atom. The normalized spacial score (nSPS) is 10.3. The van der Waals surface area contributed by atoms with Crippen LogP contribution in [0.4, 0.5) is 17.5 Å². The molecule has 3 rings (SSSR count). The number of halogens is 1. The van der Waals surface area contributed by atoms with Crippen molar-refractivity contribution in [2.75, 3.05) is 30.9 Å². The average molecular weight is 386 g/mol. The molecule has 0 aliphatic heterocycles. The molecule has 0 unspecified atom stereocenters. The van der Waals surface area contributed by atoms with Crippen LogP contribution in [0.5, 0.6) is 11.5 Å². The minimum atomic E-state index is 0.415. The number of aryl methyl sites for hydroxylation is 1. The third kappa shape index (κ3) is 5.46. The Morgan fingerprint density at radius 1 is 1.07 bits per heavy atom. The van der Waals surface area contributed by atoms with Gasteiger partial charge < -0.3 is 20.1 Å². The topological polar surface area (TPSA) is 81.2 Å². The van der Waals surface area contributed by atoms with Crippen molar-refractivity contribution < 1.29 is 9.47 Å². The molecule has 0 saturated heterocycles. The highest BCUT2D eigenvalue weighted by atomic mass is 35.5. The van der Waals surface area contributed by atoms with Gasteiger partial charge in [-0.25, -0.2) is 0 Å². The first-order chi connectivity index (χ1) is 13.1. The Hall–Kier alpha value is -3.06. The van der Waals surface area contributed by atoms with E-state index in [1.165, 1.54) is 0 Å². The third-order valence-corrected chi connectivity index (χ3v) is 3.97. The van der Waals surface area contributed by atoms with Crippen LogP contribution in [0.3, 0.4) is 0 Å². The fraction of sp³-hybridized carbons (Fsp3) is 0.211. The lowest BCUT2D eigenvalue weighted by atomic mass is 10.2. The summed E-state index contributed by atoms with van der Waals surface area (Å²) in [7, 11) is 1.63. The van der Waals surface area contributed by atoms with Gasteiger partial charge in [0.05, 0.1) is 19.9 Å². The van der Waals surface area contributed by atoms with E-state index < -0.39 is 0 Å². The van der Waals surface area contributed by atoms with Gasteiger partial charge in [-0.15, -0.1) is 5.10 Å². The predicted molar refractivity (Wildman–Crippen MR) is 106 cm³/mol. The number of ether oxygens (including phenoxy) is 2. The molecule has 2 aromatic carbocycles. The molecule has 0 spiro atoms. The van der Waals surface area contributed by atoms with Crippen LogP contribution in [0.2, 0.25) is 5.02 Å². The second-order valence-corrected chi connectivity index (χ2v) is 6.14. The maximum absolute atomic E-state index is 6.04. The Balaban J connectivity index is 1.52. The molecule has 1 heterocycles. The zero-order valence-corrected chi connectivity index (χ0v) is 15.8. The summed E-state index contributed by atoms with van der Waals surface area (Å²) in [5.41, 5.74) is 1.93. The van der Waals surface area contributed by atoms with Gasteiger partial charge in [0.15, 0.2) is 5.82 Å². The predicted octanol–water partition coefficient (Wildman–Crippen LogP) is 4.08. The molecule has 27 heavy (non-hydrogen) atoms. The maximum Gasteiger partial charge on any atom is 0.244 e. The van der Waals surface area contributed by atoms with Gasteiger partial charge in [-0.1, -0.05) is 17.7 Å². The minimum Gasteiger partial charge on any atom is -0.497 e. The minimum absolute atomic E-state index is 0.415. The van der Waals surface area contributed by atoms with Crippen LogP contribution in [0.15, 0.2) is 48.7 Å². The van der Waals surface area contributed by atoms with Gasteiger partial charge in [0, 0.05) is 10.7 Å². The van der Waals surface area contributed by atoms with Crippen molar-refractivity contribution in [2.45, 2.75) is 6.92 Å². The number of methoxy groups -OCH3 is 1. The lowest BCUT2D eigenvalue weighted by molar-refractivity contribution is 0.331. The molecular formula is C19H20ClN5O2. The summed E-state index contributed by atoms with van der Waals surface area (Å²) in [6.07, 6.45) is 1.55. The Labute approximate surface area is 162 Å². The highest BCUT2D eigenvalue weighted by Gasteiger charge is 2.04. The molecule has 0 aliphatic carbocycles. The standard InChI is InChI=1S/C19H20ClN5O2/c1-13-3-4-14(20)11-17(13)23-18-12-22-25-19(24-18)21-9-10-27-16-7-5-15(26-2)6-8-16/h3-8,11-12H,9-10H2,1-2H3,(H2,21,23,24,25). The van der Waals surface area contributed by atoms with E-state index in [0.717, 1.165) is 22.7 Å². The number of benzene rings is 2. The second-order valence-electron chi connectivity index (χ2n) is 5.70. The monoisotopic (exact) mass is 385 g/mol. The van der Waals surface area contributed by atoms with Crippen LogP contribution in [-0.4, -0.2) is 35.4 Å². The zero-order valence-electron chi connectivity index (χ0n) is 15.1. The van der Waals surface area contributed by atoms with Crippen molar-refractivity contribution in [2.24, 2.45) is 0 Å². The lowest BCUT2D eigenvalue weighted by Crippen LogP contribution is -2.14. The molecule has 1 aromatic heterocycles. The maximum atomic E-state index is 6.04. The van der Waals surface area contributed by atoms with Gasteiger partial charge >= 0.3 is 0 Å². The van der Waals surface area contributed by atoms with E-state index in [4.69, 9.17) is 21.1 Å². The second kappa shape index (κ2) is 9.05. The highest BCUT2D eigenvalue weighted by Crippen LogP contribution is 2.23. The summed E-state index contributed by atoms with van der Waals surface area (Å²) in [4.78, 5) is 4.40. The van der Waals surface area contributed by atoms with Crippen LogP contribution in [0.1, 0.15) is 5.56 Å². The van der Waals surface area contributed by atoms with Gasteiger partial charge in [0.2, 0.25) is 5.95 Å². The first kappa shape index (κ1) is 18.7. The molecule has 0 radical (unpaired) electrons. The molecule has 0 fully saturated rings. The fourth-order valence-corrected chi connectivity index (χ4v) is 2.48. The average Bonchev–Trinajstić information content (AvgIpc) is 2.69. The summed E-state index contributed by atoms with van der Waals surface area (Å²) < 4.78 is 10.8. The molecule has 0 aliphatic rings. The number of anilines is 3. The molecular weight excluding hydrogens is 366 g/mol. The van der Waals surface area contributed by atoms with Crippen molar-refractivity contribution >= 4 is 29.1 Å². The van der Waals surface area contributed by atoms with E-state index in [0.29, 0.717) is 29.9 Å². The number of aromatic nitrogens is 3. The Kier molecular flexibility index (Phi) is 6.27. The Morgan fingerprint density at radius 2 is 1.85 bits per heavy atom. The van der Waals surface area contributed by atoms with E-state index in [1.807, 2.05) is 49.4 Å². The van der Waals surface area contributed by atoms with Crippen molar-refractivity contribution in [3.8, 4) is 11.5 Å². The number of nitrogens with one attached hydrogen (secondary N) is 2. The molecule has 2 N–H and O–H groups in total. The Bertz CT molecular complexity index is 890. The quantitative estimate of drug-likeness (QED) is 0.565. The molecule has 0 bridgehead atoms. The number of hydrogen-bond donors (Lipinski definition) is 2. The fourth-order valence-electron chi connectivity index (χ4n) is 2.31. The summed E-state index contributed by atoms with van der Waals surface area (Å²) in [5, 5.41) is 14.9. The van der Waals surface area contributed by atoms with Gasteiger partial charge in [0.1, 0.15) is 18.1 Å². The molecule has 0 amide bonds. The van der Waals surface area contributed by atoms with E-state index in [9.17, 15) is 0 Å². The van der Waals surface area contributed by atoms with E-state index in [2.05, 4.69) is 25.8 Å². The van der Waals surface area contributed by atoms with Gasteiger partial charge in [-0.3, -0.25) is 0 Å². The van der Waals surface area contributed by atoms with Crippen LogP contribution in [-0.2, 0) is 0 Å². The molecule has 0 saturated carbocycles. The van der Waals surface area contributed by atoms with Crippen molar-refractivity contribution in [3.63, 3.8) is 0 Å². The summed E-state index contributed by atoms with van der Waals surface area (Å²) in [6.45, 7) is 2.98. The third-order valence-electron chi connectivity index (χ3n) is 3.73. The smallest absolute Gasteiger partial charge is 0.244 e. The van der Waals surface area contributed by atoms with Crippen LogP contribution < -0.4 is 20.1 Å². The molecule has 7 nitrogen and oxygen atoms in total. The van der Waals surface area contributed by atoms with E-state index >= 15 is 0 Å². The summed E-state index contributed by atoms with van der Waals surface area (Å²) in [6, 6.07) is 13.0. The molecule has 3 aromatic rings. The summed E-state index contributed by atoms with van der Waals surface area (Å²) >= 11 is 6.04. The highest BCUT2D eigenvalue weighted by molar-refractivity contribution is 6.30. The first-order valence-corrected chi connectivity index (χ1v) is 8.75. The van der Waals surface area contributed by atoms with Crippen LogP contribution >= 0.6 is 11.6 Å². The zero-order chi connectivity index (χ0) is 19.1. The first-order valence-electron chi connectivity index (χ1n) is 8.37. The van der Waals surface area contributed by atoms with Crippen molar-refractivity contribution in [3.05, 3.63) is 59.2 Å². The van der Waals surface area contributed by atoms with Gasteiger partial charge in [0.25, 0.3) is 0 Å². The van der Waals surface area contributed by atoms with Gasteiger partial charge in [-0.2, -0.15) is 10.1 Å². The lowest BCUT2D eigenvalue weighted by Gasteiger charge is -2.10. The molecule has 0 atom stereocenters. The van der Waals surface area contributed by atoms with Crippen molar-refractivity contribution in [1.29, 1.82) is 0 Å². The van der Waals surface area contributed by atoms with Gasteiger partial charge in [-0.05, 0) is 48.9 Å². The van der Waals surface area contributed by atoms with Crippen molar-refractivity contribution in [1.82, 2.24) is 15.2 Å². The number of nitrogens with zero attached hydrogens (tertiary/aromatic N) is 3. The number of hydrogen-bond acceptors (Lipinski definition) is 7. The SMILES string of the molecule is COc1ccc(OCCNc2nncc(Nc3cc(Cl)ccc3C)n2)cc1. The van der Waals surface area contributed by atoms with E-state index in [-0.39, 0.29) is 0 Å². The largest absolute Gasteiger partial charge is 0.497 e. The molecule has 140 valence electrons. The summed E-state index contributed by atoms with van der Waals surface area (Å²) in [5.74, 6) is 2.55. The van der Waals surface area contributed by atoms with Crippen LogP contribution in [0.25, 0.3) is 0 Å². The number of rotatable bonds is 8. The molecule has 8 heteroatoms. The van der Waals surface area contributed by atoms with Crippen LogP contribution in [0, 0.1) is 6.92 Å². The van der Waals surface area contributed by atoms with E-state index in [1.54, 1.807) is 13.3 Å².